The van der Waals surface area contributed by atoms with Crippen molar-refractivity contribution in [1.29, 1.82) is 0 Å². The van der Waals surface area contributed by atoms with Crippen LogP contribution in [0.25, 0.3) is 0 Å². The van der Waals surface area contributed by atoms with Gasteiger partial charge in [-0.3, -0.25) is 0 Å². The van der Waals surface area contributed by atoms with Crippen LogP contribution in [0.5, 0.6) is 0 Å². The number of hydrogen-bond donors (Lipinski definition) is 1. The van der Waals surface area contributed by atoms with Gasteiger partial charge in [-0.15, -0.1) is 0 Å². The number of nitrogens with one attached hydrogen (secondary N) is 1. The van der Waals surface area contributed by atoms with E-state index >= 15 is 0 Å². The minimum absolute atomic E-state index is 0.0334. The zero-order chi connectivity index (χ0) is 15.7. The monoisotopic (exact) mass is 356 g/mol. The first-order chi connectivity index (χ1) is 9.70. The van der Waals surface area contributed by atoms with Crippen LogP contribution in [0.1, 0.15) is 11.1 Å². The van der Waals surface area contributed by atoms with E-state index in [9.17, 15) is 21.6 Å². The molecular weight excluding hydrogens is 349 g/mol. The molecule has 0 fully saturated rings. The maximum absolute atomic E-state index is 12.8. The highest BCUT2D eigenvalue weighted by Gasteiger charge is 2.33. The second kappa shape index (κ2) is 5.91. The first-order valence-electron chi connectivity index (χ1n) is 5.46. The predicted molar refractivity (Wildman–Crippen MR) is 72.6 cm³/mol. The van der Waals surface area contributed by atoms with E-state index in [1.807, 2.05) is 0 Å². The molecule has 1 heterocycles. The molecule has 0 spiro atoms. The van der Waals surface area contributed by atoms with Gasteiger partial charge in [0.2, 0.25) is 0 Å². The number of aromatic nitrogens is 1. The number of thiazole rings is 1. The van der Waals surface area contributed by atoms with E-state index in [4.69, 9.17) is 11.6 Å². The van der Waals surface area contributed by atoms with Crippen LogP contribution in [0.3, 0.4) is 0 Å². The SMILES string of the molecule is O=S(=O)(NCc1ccccc1C(F)(F)F)c1cnc(Cl)s1. The second-order valence-corrected chi connectivity index (χ2v) is 7.52. The lowest BCUT2D eigenvalue weighted by Gasteiger charge is -2.12. The van der Waals surface area contributed by atoms with Gasteiger partial charge in [-0.05, 0) is 11.6 Å². The highest BCUT2D eigenvalue weighted by Crippen LogP contribution is 2.32. The van der Waals surface area contributed by atoms with Crippen LogP contribution >= 0.6 is 22.9 Å². The second-order valence-electron chi connectivity index (χ2n) is 3.91. The van der Waals surface area contributed by atoms with Crippen molar-refractivity contribution in [2.45, 2.75) is 16.9 Å². The summed E-state index contributed by atoms with van der Waals surface area (Å²) in [6, 6.07) is 4.75. The summed E-state index contributed by atoms with van der Waals surface area (Å²) in [5.74, 6) is 0. The smallest absolute Gasteiger partial charge is 0.232 e. The molecular formula is C11H8ClF3N2O2S2. The predicted octanol–water partition coefficient (Wildman–Crippen LogP) is 3.29. The third kappa shape index (κ3) is 3.94. The van der Waals surface area contributed by atoms with Crippen molar-refractivity contribution in [3.8, 4) is 0 Å². The van der Waals surface area contributed by atoms with Crippen LogP contribution in [0.15, 0.2) is 34.7 Å². The number of sulfonamides is 1. The Morgan fingerprint density at radius 2 is 1.95 bits per heavy atom. The third-order valence-electron chi connectivity index (χ3n) is 2.50. The fourth-order valence-corrected chi connectivity index (χ4v) is 3.90. The molecule has 21 heavy (non-hydrogen) atoms. The maximum atomic E-state index is 12.8. The molecule has 0 saturated carbocycles. The molecule has 0 amide bonds. The molecule has 0 aliphatic rings. The number of benzene rings is 1. The zero-order valence-electron chi connectivity index (χ0n) is 10.2. The molecule has 0 bridgehead atoms. The van der Waals surface area contributed by atoms with E-state index in [0.717, 1.165) is 23.6 Å². The lowest BCUT2D eigenvalue weighted by Crippen LogP contribution is -2.24. The average molecular weight is 357 g/mol. The number of alkyl halides is 3. The fraction of sp³-hybridized carbons (Fsp3) is 0.182. The Hall–Kier alpha value is -1.16. The van der Waals surface area contributed by atoms with Gasteiger partial charge in [-0.1, -0.05) is 41.1 Å². The van der Waals surface area contributed by atoms with Gasteiger partial charge in [0.1, 0.15) is 0 Å². The Balaban J connectivity index is 2.21. The summed E-state index contributed by atoms with van der Waals surface area (Å²) in [6.07, 6.45) is -3.50. The topological polar surface area (TPSA) is 59.1 Å². The van der Waals surface area contributed by atoms with Crippen LogP contribution in [0.4, 0.5) is 13.2 Å². The van der Waals surface area contributed by atoms with Gasteiger partial charge in [0, 0.05) is 6.54 Å². The van der Waals surface area contributed by atoms with Crippen molar-refractivity contribution >= 4 is 33.0 Å². The van der Waals surface area contributed by atoms with Crippen molar-refractivity contribution in [2.75, 3.05) is 0 Å². The van der Waals surface area contributed by atoms with Gasteiger partial charge in [0.15, 0.2) is 8.68 Å². The summed E-state index contributed by atoms with van der Waals surface area (Å²) in [5, 5.41) is 0. The van der Waals surface area contributed by atoms with Crippen LogP contribution in [-0.4, -0.2) is 13.4 Å². The van der Waals surface area contributed by atoms with Gasteiger partial charge < -0.3 is 0 Å². The Kier molecular flexibility index (Phi) is 4.57. The number of rotatable bonds is 4. The first-order valence-corrected chi connectivity index (χ1v) is 8.14. The van der Waals surface area contributed by atoms with E-state index in [1.165, 1.54) is 18.2 Å². The van der Waals surface area contributed by atoms with Crippen LogP contribution in [0.2, 0.25) is 4.47 Å². The van der Waals surface area contributed by atoms with E-state index in [2.05, 4.69) is 9.71 Å². The summed E-state index contributed by atoms with van der Waals surface area (Å²) in [4.78, 5) is 3.58. The molecule has 1 aromatic carbocycles. The molecule has 0 atom stereocenters. The Bertz CT molecular complexity index is 744. The van der Waals surface area contributed by atoms with E-state index < -0.39 is 28.3 Å². The van der Waals surface area contributed by atoms with Crippen molar-refractivity contribution in [1.82, 2.24) is 9.71 Å². The summed E-state index contributed by atoms with van der Waals surface area (Å²) >= 11 is 6.26. The first kappa shape index (κ1) is 16.2. The van der Waals surface area contributed by atoms with E-state index in [0.29, 0.717) is 0 Å². The number of nitrogens with zero attached hydrogens (tertiary/aromatic N) is 1. The molecule has 10 heteroatoms. The molecule has 0 aliphatic carbocycles. The van der Waals surface area contributed by atoms with Crippen molar-refractivity contribution in [3.63, 3.8) is 0 Å². The molecule has 0 radical (unpaired) electrons. The molecule has 114 valence electrons. The largest absolute Gasteiger partial charge is 0.416 e. The lowest BCUT2D eigenvalue weighted by molar-refractivity contribution is -0.138. The fourth-order valence-electron chi connectivity index (χ4n) is 1.56. The molecule has 1 N–H and O–H groups in total. The highest BCUT2D eigenvalue weighted by atomic mass is 35.5. The molecule has 0 saturated heterocycles. The molecule has 2 aromatic rings. The van der Waals surface area contributed by atoms with Gasteiger partial charge in [-0.2, -0.15) is 13.2 Å². The van der Waals surface area contributed by atoms with Gasteiger partial charge >= 0.3 is 6.18 Å². The minimum atomic E-state index is -4.55. The molecule has 4 nitrogen and oxygen atoms in total. The minimum Gasteiger partial charge on any atom is -0.232 e. The number of hydrogen-bond acceptors (Lipinski definition) is 4. The summed E-state index contributed by atoms with van der Waals surface area (Å²) in [6.45, 7) is -0.479. The molecule has 0 unspecified atom stereocenters. The Labute approximate surface area is 127 Å². The number of halogens is 4. The standard InChI is InChI=1S/C11H8ClF3N2O2S2/c12-10-16-6-9(20-10)21(18,19)17-5-7-3-1-2-4-8(7)11(13,14)15/h1-4,6,17H,5H2. The molecule has 0 aliphatic heterocycles. The zero-order valence-corrected chi connectivity index (χ0v) is 12.6. The molecule has 2 rings (SSSR count). The quantitative estimate of drug-likeness (QED) is 0.914. The van der Waals surface area contributed by atoms with Gasteiger partial charge in [0.05, 0.1) is 11.8 Å². The average Bonchev–Trinajstić information content (AvgIpc) is 2.83. The van der Waals surface area contributed by atoms with Crippen molar-refractivity contribution in [2.24, 2.45) is 0 Å². The third-order valence-corrected chi connectivity index (χ3v) is 5.47. The van der Waals surface area contributed by atoms with Crippen LogP contribution in [-0.2, 0) is 22.7 Å². The normalized spacial score (nSPS) is 12.6. The van der Waals surface area contributed by atoms with Crippen LogP contribution in [0, 0.1) is 0 Å². The van der Waals surface area contributed by atoms with E-state index in [-0.39, 0.29) is 14.2 Å². The van der Waals surface area contributed by atoms with E-state index in [1.54, 1.807) is 0 Å². The lowest BCUT2D eigenvalue weighted by atomic mass is 10.1. The van der Waals surface area contributed by atoms with Crippen LogP contribution < -0.4 is 4.72 Å². The molecule has 1 aromatic heterocycles. The summed E-state index contributed by atoms with van der Waals surface area (Å²) in [7, 11) is -3.95. The van der Waals surface area contributed by atoms with Gasteiger partial charge in [-0.25, -0.2) is 18.1 Å². The summed E-state index contributed by atoms with van der Waals surface area (Å²) in [5.41, 5.74) is -1.04. The van der Waals surface area contributed by atoms with Crippen molar-refractivity contribution in [3.05, 3.63) is 46.1 Å². The summed E-state index contributed by atoms with van der Waals surface area (Å²) < 4.78 is 64.2. The highest BCUT2D eigenvalue weighted by molar-refractivity contribution is 7.91. The van der Waals surface area contributed by atoms with Gasteiger partial charge in [0.25, 0.3) is 10.0 Å². The van der Waals surface area contributed by atoms with Crippen molar-refractivity contribution < 1.29 is 21.6 Å². The Morgan fingerprint density at radius 1 is 1.29 bits per heavy atom. The maximum Gasteiger partial charge on any atom is 0.416 e. The Morgan fingerprint density at radius 3 is 2.52 bits per heavy atom.